The Morgan fingerprint density at radius 3 is 2.25 bits per heavy atom. The van der Waals surface area contributed by atoms with Crippen molar-refractivity contribution in [3.8, 4) is 0 Å². The van der Waals surface area contributed by atoms with E-state index >= 15 is 0 Å². The van der Waals surface area contributed by atoms with Crippen LogP contribution in [0.1, 0.15) is 51.4 Å². The maximum Gasteiger partial charge on any atom is 0.333 e. The van der Waals surface area contributed by atoms with Crippen LogP contribution in [-0.4, -0.2) is 40.3 Å². The van der Waals surface area contributed by atoms with Crippen molar-refractivity contribution in [3.63, 3.8) is 0 Å². The van der Waals surface area contributed by atoms with Crippen molar-refractivity contribution in [1.29, 1.82) is 0 Å². The molecule has 1 aliphatic rings. The van der Waals surface area contributed by atoms with Gasteiger partial charge < -0.3 is 9.94 Å². The number of unbranched alkanes of at least 4 members (excludes halogenated alkanes) is 2. The van der Waals surface area contributed by atoms with E-state index in [9.17, 15) is 19.2 Å². The molecule has 1 N–H and O–H groups in total. The van der Waals surface area contributed by atoms with E-state index in [0.29, 0.717) is 24.3 Å². The molecule has 1 rings (SSSR count). The topological polar surface area (TPSA) is 101 Å². The van der Waals surface area contributed by atoms with E-state index in [2.05, 4.69) is 4.84 Å². The van der Waals surface area contributed by atoms with Crippen LogP contribution in [0.2, 0.25) is 0 Å². The van der Waals surface area contributed by atoms with Crippen LogP contribution in [0.25, 0.3) is 0 Å². The van der Waals surface area contributed by atoms with E-state index in [4.69, 9.17) is 5.11 Å². The van der Waals surface area contributed by atoms with Gasteiger partial charge in [-0.3, -0.25) is 14.4 Å². The van der Waals surface area contributed by atoms with Gasteiger partial charge in [-0.25, -0.2) is 4.79 Å². The Labute approximate surface area is 116 Å². The molecular formula is C13H19NO6. The molecular weight excluding hydrogens is 266 g/mol. The highest BCUT2D eigenvalue weighted by atomic mass is 16.7. The van der Waals surface area contributed by atoms with E-state index in [-0.39, 0.29) is 38.1 Å². The largest absolute Gasteiger partial charge is 0.396 e. The number of hydrogen-bond donors (Lipinski definition) is 1. The average Bonchev–Trinajstić information content (AvgIpc) is 2.73. The smallest absolute Gasteiger partial charge is 0.333 e. The van der Waals surface area contributed by atoms with Gasteiger partial charge in [0.2, 0.25) is 0 Å². The van der Waals surface area contributed by atoms with Gasteiger partial charge in [0.1, 0.15) is 5.78 Å². The van der Waals surface area contributed by atoms with Crippen molar-refractivity contribution in [2.75, 3.05) is 6.61 Å². The summed E-state index contributed by atoms with van der Waals surface area (Å²) in [5, 5.41) is 9.06. The zero-order valence-corrected chi connectivity index (χ0v) is 11.3. The number of nitrogens with zero attached hydrogens (tertiary/aromatic N) is 1. The molecule has 0 aliphatic carbocycles. The Balaban J connectivity index is 2.18. The summed E-state index contributed by atoms with van der Waals surface area (Å²) in [4.78, 5) is 49.9. The van der Waals surface area contributed by atoms with Gasteiger partial charge in [-0.2, -0.15) is 0 Å². The van der Waals surface area contributed by atoms with Gasteiger partial charge in [0.15, 0.2) is 0 Å². The summed E-state index contributed by atoms with van der Waals surface area (Å²) in [6.45, 7) is 0.110. The second-order valence-electron chi connectivity index (χ2n) is 4.62. The summed E-state index contributed by atoms with van der Waals surface area (Å²) in [6.07, 6.45) is 2.46. The molecule has 2 amide bonds. The van der Waals surface area contributed by atoms with Gasteiger partial charge in [0, 0.05) is 32.3 Å². The number of hydrogen-bond acceptors (Lipinski definition) is 6. The maximum absolute atomic E-state index is 11.5. The molecule has 0 aromatic rings. The van der Waals surface area contributed by atoms with Gasteiger partial charge in [-0.15, -0.1) is 5.06 Å². The Bertz CT molecular complexity index is 376. The van der Waals surface area contributed by atoms with Crippen LogP contribution in [0, 0.1) is 0 Å². The van der Waals surface area contributed by atoms with E-state index < -0.39 is 17.8 Å². The molecule has 0 bridgehead atoms. The lowest BCUT2D eigenvalue weighted by Gasteiger charge is -2.12. The summed E-state index contributed by atoms with van der Waals surface area (Å²) in [6, 6.07) is 0. The molecule has 7 heteroatoms. The molecule has 0 spiro atoms. The Morgan fingerprint density at radius 1 is 1.00 bits per heavy atom. The van der Waals surface area contributed by atoms with Crippen molar-refractivity contribution >= 4 is 23.6 Å². The standard InChI is InChI=1S/C13H19NO6/c15-9-3-1-2-4-10(16)5-8-13(19)20-14-11(17)6-7-12(14)18/h15H,1-9H2. The van der Waals surface area contributed by atoms with E-state index in [1.807, 2.05) is 0 Å². The molecule has 0 radical (unpaired) electrons. The number of aliphatic hydroxyl groups excluding tert-OH is 1. The Kier molecular flexibility index (Phi) is 6.86. The summed E-state index contributed by atoms with van der Waals surface area (Å²) >= 11 is 0. The number of ketones is 1. The number of aliphatic hydroxyl groups is 1. The second kappa shape index (κ2) is 8.42. The van der Waals surface area contributed by atoms with Crippen LogP contribution in [0.5, 0.6) is 0 Å². The minimum absolute atomic E-state index is 0.0359. The van der Waals surface area contributed by atoms with Crippen molar-refractivity contribution in [1.82, 2.24) is 5.06 Å². The highest BCUT2D eigenvalue weighted by molar-refractivity contribution is 6.01. The molecule has 1 aliphatic heterocycles. The first kappa shape index (κ1) is 16.3. The first-order chi connectivity index (χ1) is 9.54. The third-order valence-electron chi connectivity index (χ3n) is 2.92. The van der Waals surface area contributed by atoms with Crippen molar-refractivity contribution < 1.29 is 29.1 Å². The quantitative estimate of drug-likeness (QED) is 0.489. The van der Waals surface area contributed by atoms with Crippen LogP contribution in [0.3, 0.4) is 0 Å². The normalized spacial score (nSPS) is 14.8. The number of imide groups is 1. The maximum atomic E-state index is 11.5. The monoisotopic (exact) mass is 285 g/mol. The van der Waals surface area contributed by atoms with Crippen molar-refractivity contribution in [2.24, 2.45) is 0 Å². The fourth-order valence-electron chi connectivity index (χ4n) is 1.78. The average molecular weight is 285 g/mol. The number of Topliss-reactive ketones (excluding diaryl/α,β-unsaturated/α-hetero) is 1. The van der Waals surface area contributed by atoms with Gasteiger partial charge in [-0.1, -0.05) is 6.42 Å². The molecule has 1 fully saturated rings. The molecule has 0 atom stereocenters. The lowest BCUT2D eigenvalue weighted by molar-refractivity contribution is -0.197. The number of amides is 2. The predicted molar refractivity (Wildman–Crippen MR) is 67.0 cm³/mol. The molecule has 0 saturated carbocycles. The second-order valence-corrected chi connectivity index (χ2v) is 4.62. The van der Waals surface area contributed by atoms with Crippen LogP contribution in [0.4, 0.5) is 0 Å². The number of carbonyl (C=O) groups is 4. The summed E-state index contributed by atoms with van der Waals surface area (Å²) in [7, 11) is 0. The number of rotatable bonds is 9. The summed E-state index contributed by atoms with van der Waals surface area (Å²) in [5.74, 6) is -1.88. The van der Waals surface area contributed by atoms with Gasteiger partial charge in [-0.05, 0) is 12.8 Å². The van der Waals surface area contributed by atoms with Gasteiger partial charge in [0.25, 0.3) is 11.8 Å². The number of hydroxylamine groups is 2. The summed E-state index contributed by atoms with van der Waals surface area (Å²) < 4.78 is 0. The third kappa shape index (κ3) is 5.48. The fraction of sp³-hybridized carbons (Fsp3) is 0.692. The van der Waals surface area contributed by atoms with Crippen LogP contribution >= 0.6 is 0 Å². The molecule has 0 aromatic carbocycles. The fourth-order valence-corrected chi connectivity index (χ4v) is 1.78. The molecule has 0 unspecified atom stereocenters. The number of carbonyl (C=O) groups excluding carboxylic acids is 4. The zero-order chi connectivity index (χ0) is 15.0. The molecule has 1 heterocycles. The minimum atomic E-state index is -0.752. The van der Waals surface area contributed by atoms with Crippen molar-refractivity contribution in [2.45, 2.75) is 51.4 Å². The summed E-state index contributed by atoms with van der Waals surface area (Å²) in [5.41, 5.74) is 0. The van der Waals surface area contributed by atoms with Crippen LogP contribution in [-0.2, 0) is 24.0 Å². The first-order valence-corrected chi connectivity index (χ1v) is 6.73. The van der Waals surface area contributed by atoms with Crippen LogP contribution < -0.4 is 0 Å². The third-order valence-corrected chi connectivity index (χ3v) is 2.92. The lowest BCUT2D eigenvalue weighted by Crippen LogP contribution is -2.32. The van der Waals surface area contributed by atoms with E-state index in [1.54, 1.807) is 0 Å². The van der Waals surface area contributed by atoms with Crippen LogP contribution in [0.15, 0.2) is 0 Å². The molecule has 0 aromatic heterocycles. The zero-order valence-electron chi connectivity index (χ0n) is 11.3. The SMILES string of the molecule is O=C(CCCCCO)CCC(=O)ON1C(=O)CCC1=O. The van der Waals surface area contributed by atoms with E-state index in [0.717, 1.165) is 6.42 Å². The predicted octanol–water partition coefficient (Wildman–Crippen LogP) is 0.496. The van der Waals surface area contributed by atoms with E-state index in [1.165, 1.54) is 0 Å². The first-order valence-electron chi connectivity index (χ1n) is 6.73. The highest BCUT2D eigenvalue weighted by Crippen LogP contribution is 2.13. The molecule has 112 valence electrons. The highest BCUT2D eigenvalue weighted by Gasteiger charge is 2.32. The van der Waals surface area contributed by atoms with Gasteiger partial charge in [0.05, 0.1) is 6.42 Å². The molecule has 1 saturated heterocycles. The lowest BCUT2D eigenvalue weighted by atomic mass is 10.1. The Hall–Kier alpha value is -1.76. The molecule has 7 nitrogen and oxygen atoms in total. The Morgan fingerprint density at radius 2 is 1.65 bits per heavy atom. The van der Waals surface area contributed by atoms with Crippen molar-refractivity contribution in [3.05, 3.63) is 0 Å². The molecule has 20 heavy (non-hydrogen) atoms. The minimum Gasteiger partial charge on any atom is -0.396 e. The van der Waals surface area contributed by atoms with Gasteiger partial charge >= 0.3 is 5.97 Å².